The zero-order chi connectivity index (χ0) is 12.7. The van der Waals surface area contributed by atoms with Gasteiger partial charge in [0.15, 0.2) is 0 Å². The van der Waals surface area contributed by atoms with Gasteiger partial charge in [0, 0.05) is 32.3 Å². The Morgan fingerprint density at radius 1 is 1.41 bits per heavy atom. The molecule has 0 aromatic carbocycles. The van der Waals surface area contributed by atoms with Gasteiger partial charge in [-0.15, -0.1) is 0 Å². The average Bonchev–Trinajstić information content (AvgIpc) is 2.29. The topological polar surface area (TPSA) is 38.5 Å². The summed E-state index contributed by atoms with van der Waals surface area (Å²) in [6.07, 6.45) is 7.64. The highest BCUT2D eigenvalue weighted by Gasteiger charge is 2.23. The Labute approximate surface area is 107 Å². The van der Waals surface area contributed by atoms with Gasteiger partial charge in [-0.1, -0.05) is 19.8 Å². The third-order valence-electron chi connectivity index (χ3n) is 3.98. The Morgan fingerprint density at radius 2 is 2.18 bits per heavy atom. The molecule has 3 unspecified atom stereocenters. The summed E-state index contributed by atoms with van der Waals surface area (Å²) in [5, 5.41) is 0. The highest BCUT2D eigenvalue weighted by atomic mass is 16.5. The average molecular weight is 242 g/mol. The predicted molar refractivity (Wildman–Crippen MR) is 73.1 cm³/mol. The molecule has 1 rings (SSSR count). The first-order valence-corrected chi connectivity index (χ1v) is 7.08. The Kier molecular flexibility index (Phi) is 7.09. The first kappa shape index (κ1) is 14.9. The number of hydrogen-bond acceptors (Lipinski definition) is 3. The summed E-state index contributed by atoms with van der Waals surface area (Å²) in [5.41, 5.74) is 6.16. The van der Waals surface area contributed by atoms with Crippen LogP contribution in [0, 0.1) is 5.92 Å². The van der Waals surface area contributed by atoms with Crippen molar-refractivity contribution in [3.63, 3.8) is 0 Å². The van der Waals surface area contributed by atoms with Crippen molar-refractivity contribution < 1.29 is 4.74 Å². The normalized spacial score (nSPS) is 27.4. The molecule has 102 valence electrons. The second kappa shape index (κ2) is 8.06. The molecule has 17 heavy (non-hydrogen) atoms. The minimum Gasteiger partial charge on any atom is -0.385 e. The fourth-order valence-electron chi connectivity index (χ4n) is 2.90. The number of rotatable bonds is 7. The quantitative estimate of drug-likeness (QED) is 0.696. The Bertz CT molecular complexity index is 199. The molecule has 0 spiro atoms. The van der Waals surface area contributed by atoms with Crippen LogP contribution in [0.1, 0.15) is 45.4 Å². The maximum atomic E-state index is 6.16. The second-order valence-electron chi connectivity index (χ2n) is 5.76. The minimum atomic E-state index is 0.299. The lowest BCUT2D eigenvalue weighted by Crippen LogP contribution is -2.42. The molecular formula is C14H30N2O. The number of likely N-dealkylation sites (N-methyl/N-ethyl adjacent to an activating group) is 1. The van der Waals surface area contributed by atoms with Crippen LogP contribution in [0.5, 0.6) is 0 Å². The fraction of sp³-hybridized carbons (Fsp3) is 1.00. The monoisotopic (exact) mass is 242 g/mol. The lowest BCUT2D eigenvalue weighted by atomic mass is 9.86. The maximum Gasteiger partial charge on any atom is 0.0462 e. The van der Waals surface area contributed by atoms with Crippen LogP contribution in [0.3, 0.4) is 0 Å². The Hall–Kier alpha value is -0.120. The van der Waals surface area contributed by atoms with E-state index >= 15 is 0 Å². The van der Waals surface area contributed by atoms with Crippen molar-refractivity contribution in [3.05, 3.63) is 0 Å². The van der Waals surface area contributed by atoms with Gasteiger partial charge in [0.1, 0.15) is 0 Å². The summed E-state index contributed by atoms with van der Waals surface area (Å²) < 4.78 is 5.06. The van der Waals surface area contributed by atoms with Crippen molar-refractivity contribution in [1.29, 1.82) is 0 Å². The van der Waals surface area contributed by atoms with E-state index in [1.165, 1.54) is 25.7 Å². The molecular weight excluding hydrogens is 212 g/mol. The summed E-state index contributed by atoms with van der Waals surface area (Å²) in [7, 11) is 3.99. The van der Waals surface area contributed by atoms with Crippen molar-refractivity contribution in [2.75, 3.05) is 27.3 Å². The molecule has 0 aromatic rings. The standard InChI is InChI=1S/C14H30N2O/c1-12-6-4-8-14(10-12)16(2)11-13(15)7-5-9-17-3/h12-14H,4-11,15H2,1-3H3. The van der Waals surface area contributed by atoms with E-state index in [-0.39, 0.29) is 0 Å². The third kappa shape index (κ3) is 5.84. The van der Waals surface area contributed by atoms with Gasteiger partial charge in [-0.25, -0.2) is 0 Å². The van der Waals surface area contributed by atoms with E-state index in [1.807, 2.05) is 0 Å². The largest absolute Gasteiger partial charge is 0.385 e. The van der Waals surface area contributed by atoms with Crippen molar-refractivity contribution in [2.24, 2.45) is 11.7 Å². The molecule has 0 bridgehead atoms. The van der Waals surface area contributed by atoms with E-state index in [0.29, 0.717) is 6.04 Å². The number of methoxy groups -OCH3 is 1. The van der Waals surface area contributed by atoms with Crippen LogP contribution in [-0.4, -0.2) is 44.3 Å². The van der Waals surface area contributed by atoms with Gasteiger partial charge >= 0.3 is 0 Å². The molecule has 1 saturated carbocycles. The van der Waals surface area contributed by atoms with Gasteiger partial charge in [0.2, 0.25) is 0 Å². The maximum absolute atomic E-state index is 6.16. The fourth-order valence-corrected chi connectivity index (χ4v) is 2.90. The van der Waals surface area contributed by atoms with E-state index in [1.54, 1.807) is 7.11 Å². The van der Waals surface area contributed by atoms with Gasteiger partial charge in [-0.05, 0) is 38.6 Å². The SMILES string of the molecule is COCCCC(N)CN(C)C1CCCC(C)C1. The van der Waals surface area contributed by atoms with Crippen LogP contribution in [-0.2, 0) is 4.74 Å². The first-order valence-electron chi connectivity index (χ1n) is 7.08. The van der Waals surface area contributed by atoms with Crippen LogP contribution in [0.4, 0.5) is 0 Å². The van der Waals surface area contributed by atoms with Crippen molar-refractivity contribution >= 4 is 0 Å². The summed E-state index contributed by atoms with van der Waals surface area (Å²) in [4.78, 5) is 2.48. The Balaban J connectivity index is 2.20. The highest BCUT2D eigenvalue weighted by Crippen LogP contribution is 2.26. The molecule has 0 heterocycles. The first-order chi connectivity index (χ1) is 8.13. The molecule has 1 aliphatic rings. The van der Waals surface area contributed by atoms with Crippen LogP contribution >= 0.6 is 0 Å². The van der Waals surface area contributed by atoms with E-state index in [0.717, 1.165) is 38.0 Å². The van der Waals surface area contributed by atoms with Crippen molar-refractivity contribution in [3.8, 4) is 0 Å². The van der Waals surface area contributed by atoms with E-state index < -0.39 is 0 Å². The smallest absolute Gasteiger partial charge is 0.0462 e. The van der Waals surface area contributed by atoms with E-state index in [9.17, 15) is 0 Å². The van der Waals surface area contributed by atoms with Crippen LogP contribution in [0.25, 0.3) is 0 Å². The summed E-state index contributed by atoms with van der Waals surface area (Å²) in [6.45, 7) is 4.23. The number of hydrogen-bond donors (Lipinski definition) is 1. The molecule has 3 heteroatoms. The summed E-state index contributed by atoms with van der Waals surface area (Å²) >= 11 is 0. The third-order valence-corrected chi connectivity index (χ3v) is 3.98. The van der Waals surface area contributed by atoms with Crippen molar-refractivity contribution in [2.45, 2.75) is 57.5 Å². The summed E-state index contributed by atoms with van der Waals surface area (Å²) in [6, 6.07) is 1.06. The number of nitrogens with zero attached hydrogens (tertiary/aromatic N) is 1. The van der Waals surface area contributed by atoms with Crippen LogP contribution in [0.2, 0.25) is 0 Å². The zero-order valence-corrected chi connectivity index (χ0v) is 11.8. The van der Waals surface area contributed by atoms with Gasteiger partial charge in [0.05, 0.1) is 0 Å². The van der Waals surface area contributed by atoms with Crippen LogP contribution < -0.4 is 5.73 Å². The number of ether oxygens (including phenoxy) is 1. The lowest BCUT2D eigenvalue weighted by Gasteiger charge is -2.35. The molecule has 1 aliphatic carbocycles. The second-order valence-corrected chi connectivity index (χ2v) is 5.76. The van der Waals surface area contributed by atoms with Crippen molar-refractivity contribution in [1.82, 2.24) is 4.90 Å². The molecule has 0 aromatic heterocycles. The molecule has 3 atom stereocenters. The molecule has 2 N–H and O–H groups in total. The van der Waals surface area contributed by atoms with Gasteiger partial charge in [0.25, 0.3) is 0 Å². The van der Waals surface area contributed by atoms with Crippen LogP contribution in [0.15, 0.2) is 0 Å². The Morgan fingerprint density at radius 3 is 2.82 bits per heavy atom. The lowest BCUT2D eigenvalue weighted by molar-refractivity contribution is 0.149. The predicted octanol–water partition coefficient (Wildman–Crippen LogP) is 2.25. The number of nitrogens with two attached hydrogens (primary N) is 1. The minimum absolute atomic E-state index is 0.299. The van der Waals surface area contributed by atoms with Gasteiger partial charge in [-0.2, -0.15) is 0 Å². The van der Waals surface area contributed by atoms with E-state index in [4.69, 9.17) is 10.5 Å². The molecule has 0 aliphatic heterocycles. The molecule has 0 saturated heterocycles. The van der Waals surface area contributed by atoms with Gasteiger partial charge < -0.3 is 15.4 Å². The molecule has 1 fully saturated rings. The van der Waals surface area contributed by atoms with E-state index in [2.05, 4.69) is 18.9 Å². The van der Waals surface area contributed by atoms with Gasteiger partial charge in [-0.3, -0.25) is 0 Å². The molecule has 0 amide bonds. The zero-order valence-electron chi connectivity index (χ0n) is 11.8. The molecule has 0 radical (unpaired) electrons. The molecule has 3 nitrogen and oxygen atoms in total. The summed E-state index contributed by atoms with van der Waals surface area (Å²) in [5.74, 6) is 0.890. The highest BCUT2D eigenvalue weighted by molar-refractivity contribution is 4.79.